The zero-order valence-electron chi connectivity index (χ0n) is 12.2. The van der Waals surface area contributed by atoms with Crippen molar-refractivity contribution in [1.82, 2.24) is 0 Å². The Morgan fingerprint density at radius 2 is 1.59 bits per heavy atom. The van der Waals surface area contributed by atoms with Crippen LogP contribution in [0.2, 0.25) is 0 Å². The Kier molecular flexibility index (Phi) is 3.87. The summed E-state index contributed by atoms with van der Waals surface area (Å²) in [5.41, 5.74) is 6.92. The SMILES string of the molecule is CC1CCC(N)C(C)(C2C[C@@H](C)CCC2C)C1. The first-order valence-corrected chi connectivity index (χ1v) is 7.69. The van der Waals surface area contributed by atoms with Gasteiger partial charge in [-0.05, 0) is 54.8 Å². The Bertz CT molecular complexity index is 262. The van der Waals surface area contributed by atoms with E-state index in [0.717, 1.165) is 23.7 Å². The molecule has 0 aromatic heterocycles. The van der Waals surface area contributed by atoms with Crippen molar-refractivity contribution < 1.29 is 0 Å². The highest BCUT2D eigenvalue weighted by atomic mass is 14.7. The summed E-state index contributed by atoms with van der Waals surface area (Å²) in [7, 11) is 0. The van der Waals surface area contributed by atoms with Crippen molar-refractivity contribution in [2.75, 3.05) is 0 Å². The average molecular weight is 237 g/mol. The summed E-state index contributed by atoms with van der Waals surface area (Å²) in [4.78, 5) is 0. The summed E-state index contributed by atoms with van der Waals surface area (Å²) in [6.45, 7) is 9.81. The minimum Gasteiger partial charge on any atom is -0.327 e. The molecule has 5 unspecified atom stereocenters. The second-order valence-electron chi connectivity index (χ2n) is 7.50. The molecular weight excluding hydrogens is 206 g/mol. The van der Waals surface area contributed by atoms with E-state index in [4.69, 9.17) is 5.73 Å². The van der Waals surface area contributed by atoms with Crippen molar-refractivity contribution in [2.45, 2.75) is 72.3 Å². The lowest BCUT2D eigenvalue weighted by molar-refractivity contribution is -0.000556. The van der Waals surface area contributed by atoms with Crippen LogP contribution < -0.4 is 5.73 Å². The van der Waals surface area contributed by atoms with E-state index in [9.17, 15) is 0 Å². The maximum atomic E-state index is 6.51. The van der Waals surface area contributed by atoms with Gasteiger partial charge in [0.05, 0.1) is 0 Å². The number of rotatable bonds is 1. The molecule has 0 bridgehead atoms. The fraction of sp³-hybridized carbons (Fsp3) is 1.00. The molecule has 2 aliphatic carbocycles. The van der Waals surface area contributed by atoms with E-state index in [2.05, 4.69) is 27.7 Å². The van der Waals surface area contributed by atoms with Gasteiger partial charge in [0.15, 0.2) is 0 Å². The van der Waals surface area contributed by atoms with Gasteiger partial charge in [-0.15, -0.1) is 0 Å². The van der Waals surface area contributed by atoms with Crippen LogP contribution in [-0.4, -0.2) is 6.04 Å². The molecule has 1 nitrogen and oxygen atoms in total. The zero-order valence-corrected chi connectivity index (χ0v) is 12.2. The van der Waals surface area contributed by atoms with Crippen LogP contribution in [0, 0.1) is 29.1 Å². The van der Waals surface area contributed by atoms with Crippen LogP contribution in [0.3, 0.4) is 0 Å². The van der Waals surface area contributed by atoms with Crippen molar-refractivity contribution in [2.24, 2.45) is 34.8 Å². The lowest BCUT2D eigenvalue weighted by atomic mass is 9.55. The molecule has 0 aromatic rings. The molecule has 1 heteroatoms. The lowest BCUT2D eigenvalue weighted by Gasteiger charge is -2.52. The van der Waals surface area contributed by atoms with E-state index in [1.807, 2.05) is 0 Å². The average Bonchev–Trinajstić information content (AvgIpc) is 2.27. The van der Waals surface area contributed by atoms with Gasteiger partial charge in [0.1, 0.15) is 0 Å². The van der Waals surface area contributed by atoms with Gasteiger partial charge >= 0.3 is 0 Å². The van der Waals surface area contributed by atoms with Crippen molar-refractivity contribution >= 4 is 0 Å². The molecule has 0 aliphatic heterocycles. The lowest BCUT2D eigenvalue weighted by Crippen LogP contribution is -2.51. The first-order valence-electron chi connectivity index (χ1n) is 7.69. The Morgan fingerprint density at radius 1 is 0.941 bits per heavy atom. The van der Waals surface area contributed by atoms with Crippen LogP contribution in [-0.2, 0) is 0 Å². The van der Waals surface area contributed by atoms with Gasteiger partial charge in [-0.2, -0.15) is 0 Å². The second-order valence-corrected chi connectivity index (χ2v) is 7.50. The van der Waals surface area contributed by atoms with E-state index >= 15 is 0 Å². The molecule has 100 valence electrons. The third kappa shape index (κ3) is 2.54. The molecule has 0 radical (unpaired) electrons. The molecule has 17 heavy (non-hydrogen) atoms. The zero-order chi connectivity index (χ0) is 12.6. The Labute approximate surface area is 108 Å². The number of hydrogen-bond acceptors (Lipinski definition) is 1. The summed E-state index contributed by atoms with van der Waals surface area (Å²) in [5.74, 6) is 3.54. The monoisotopic (exact) mass is 237 g/mol. The van der Waals surface area contributed by atoms with Crippen LogP contribution in [0.1, 0.15) is 66.2 Å². The standard InChI is InChI=1S/C16H31N/c1-11-5-7-13(3)14(9-11)16(4)10-12(2)6-8-15(16)17/h11-15H,5-10,17H2,1-4H3/t11-,12?,13?,14?,15?,16?/m0/s1. The normalized spacial score (nSPS) is 52.4. The van der Waals surface area contributed by atoms with Gasteiger partial charge in [-0.25, -0.2) is 0 Å². The van der Waals surface area contributed by atoms with Crippen LogP contribution in [0.15, 0.2) is 0 Å². The molecule has 2 aliphatic rings. The summed E-state index contributed by atoms with van der Waals surface area (Å²) < 4.78 is 0. The molecule has 0 aromatic carbocycles. The Balaban J connectivity index is 2.16. The molecular formula is C16H31N. The van der Waals surface area contributed by atoms with Crippen molar-refractivity contribution in [3.8, 4) is 0 Å². The molecule has 0 saturated heterocycles. The van der Waals surface area contributed by atoms with E-state index in [1.54, 1.807) is 0 Å². The summed E-state index contributed by atoms with van der Waals surface area (Å²) >= 11 is 0. The maximum absolute atomic E-state index is 6.51. The van der Waals surface area contributed by atoms with Gasteiger partial charge in [0.2, 0.25) is 0 Å². The minimum atomic E-state index is 0.408. The van der Waals surface area contributed by atoms with E-state index in [1.165, 1.54) is 38.5 Å². The predicted octanol–water partition coefficient (Wildman–Crippen LogP) is 4.21. The topological polar surface area (TPSA) is 26.0 Å². The van der Waals surface area contributed by atoms with Crippen LogP contribution in [0.5, 0.6) is 0 Å². The molecule has 2 rings (SSSR count). The number of nitrogens with two attached hydrogens (primary N) is 1. The smallest absolute Gasteiger partial charge is 0.00958 e. The first kappa shape index (κ1) is 13.4. The summed E-state index contributed by atoms with van der Waals surface area (Å²) in [5, 5.41) is 0. The molecule has 0 spiro atoms. The van der Waals surface area contributed by atoms with Crippen LogP contribution in [0.4, 0.5) is 0 Å². The van der Waals surface area contributed by atoms with Gasteiger partial charge in [-0.1, -0.05) is 40.5 Å². The van der Waals surface area contributed by atoms with Gasteiger partial charge < -0.3 is 5.73 Å². The first-order chi connectivity index (χ1) is 7.93. The third-order valence-corrected chi connectivity index (χ3v) is 5.91. The largest absolute Gasteiger partial charge is 0.327 e. The molecule has 6 atom stereocenters. The van der Waals surface area contributed by atoms with Gasteiger partial charge in [0, 0.05) is 6.04 Å². The predicted molar refractivity (Wildman–Crippen MR) is 74.8 cm³/mol. The molecule has 0 amide bonds. The molecule has 0 heterocycles. The fourth-order valence-corrected chi connectivity index (χ4v) is 4.68. The molecule has 2 fully saturated rings. The van der Waals surface area contributed by atoms with Crippen LogP contribution >= 0.6 is 0 Å². The highest BCUT2D eigenvalue weighted by molar-refractivity contribution is 4.98. The van der Waals surface area contributed by atoms with Crippen molar-refractivity contribution in [3.05, 3.63) is 0 Å². The van der Waals surface area contributed by atoms with Crippen LogP contribution in [0.25, 0.3) is 0 Å². The van der Waals surface area contributed by atoms with E-state index < -0.39 is 0 Å². The Morgan fingerprint density at radius 3 is 2.29 bits per heavy atom. The third-order valence-electron chi connectivity index (χ3n) is 5.91. The highest BCUT2D eigenvalue weighted by Gasteiger charge is 2.46. The van der Waals surface area contributed by atoms with Gasteiger partial charge in [0.25, 0.3) is 0 Å². The van der Waals surface area contributed by atoms with Crippen molar-refractivity contribution in [1.29, 1.82) is 0 Å². The summed E-state index contributed by atoms with van der Waals surface area (Å²) in [6, 6.07) is 0.441. The number of hydrogen-bond donors (Lipinski definition) is 1. The highest BCUT2D eigenvalue weighted by Crippen LogP contribution is 2.51. The quantitative estimate of drug-likeness (QED) is 0.726. The molecule has 2 saturated carbocycles. The van der Waals surface area contributed by atoms with E-state index in [-0.39, 0.29) is 0 Å². The second kappa shape index (κ2) is 4.91. The van der Waals surface area contributed by atoms with E-state index in [0.29, 0.717) is 11.5 Å². The van der Waals surface area contributed by atoms with Crippen molar-refractivity contribution in [3.63, 3.8) is 0 Å². The maximum Gasteiger partial charge on any atom is 0.00958 e. The van der Waals surface area contributed by atoms with Gasteiger partial charge in [-0.3, -0.25) is 0 Å². The Hall–Kier alpha value is -0.0400. The molecule has 2 N–H and O–H groups in total. The fourth-order valence-electron chi connectivity index (χ4n) is 4.68. The minimum absolute atomic E-state index is 0.408. The summed E-state index contributed by atoms with van der Waals surface area (Å²) in [6.07, 6.45) is 8.21.